The van der Waals surface area contributed by atoms with Gasteiger partial charge in [-0.25, -0.2) is 4.98 Å². The van der Waals surface area contributed by atoms with E-state index in [9.17, 15) is 4.79 Å². The minimum Gasteiger partial charge on any atom is -0.339 e. The van der Waals surface area contributed by atoms with Crippen LogP contribution in [0.25, 0.3) is 20.9 Å². The maximum atomic E-state index is 12.6. The van der Waals surface area contributed by atoms with E-state index in [4.69, 9.17) is 4.52 Å². The van der Waals surface area contributed by atoms with Crippen LogP contribution in [0.5, 0.6) is 0 Å². The zero-order valence-electron chi connectivity index (χ0n) is 14.3. The topological polar surface area (TPSA) is 73.8 Å². The van der Waals surface area contributed by atoms with Crippen LogP contribution in [-0.2, 0) is 13.0 Å². The number of hydrogen-bond donors (Lipinski definition) is 0. The van der Waals surface area contributed by atoms with Gasteiger partial charge in [0.25, 0.3) is 5.56 Å². The number of aryl methyl sites for hydroxylation is 1. The monoisotopic (exact) mass is 416 g/mol. The second-order valence-corrected chi connectivity index (χ2v) is 8.58. The summed E-state index contributed by atoms with van der Waals surface area (Å²) in [5, 5.41) is 9.29. The van der Waals surface area contributed by atoms with Crippen LogP contribution in [0, 0.1) is 0 Å². The Morgan fingerprint density at radius 1 is 1.26 bits per heavy atom. The van der Waals surface area contributed by atoms with Crippen LogP contribution < -0.4 is 5.56 Å². The van der Waals surface area contributed by atoms with Gasteiger partial charge < -0.3 is 4.52 Å². The number of fused-ring (bicyclic) bond motifs is 1. The third-order valence-corrected chi connectivity index (χ3v) is 6.57. The predicted octanol–water partition coefficient (Wildman–Crippen LogP) is 4.48. The predicted molar refractivity (Wildman–Crippen MR) is 111 cm³/mol. The van der Waals surface area contributed by atoms with Crippen molar-refractivity contribution in [1.29, 1.82) is 0 Å². The molecule has 0 atom stereocenters. The molecule has 0 saturated heterocycles. The quantitative estimate of drug-likeness (QED) is 0.182. The fourth-order valence-electron chi connectivity index (χ4n) is 2.58. The summed E-state index contributed by atoms with van der Waals surface area (Å²) in [6.45, 7) is 4.20. The van der Waals surface area contributed by atoms with Crippen LogP contribution in [0.2, 0.25) is 0 Å². The highest BCUT2D eigenvalue weighted by atomic mass is 32.2. The first-order valence-corrected chi connectivity index (χ1v) is 11.1. The van der Waals surface area contributed by atoms with Gasteiger partial charge in [-0.15, -0.1) is 29.3 Å². The van der Waals surface area contributed by atoms with Gasteiger partial charge in [0.05, 0.1) is 10.3 Å². The minimum atomic E-state index is -0.0128. The van der Waals surface area contributed by atoms with E-state index in [1.807, 2.05) is 29.0 Å². The Kier molecular flexibility index (Phi) is 5.51. The molecule has 0 aromatic carbocycles. The van der Waals surface area contributed by atoms with Gasteiger partial charge in [-0.05, 0) is 29.3 Å². The number of allylic oxidation sites excluding steroid dienone is 1. The molecule has 0 spiro atoms. The molecular weight excluding hydrogens is 400 g/mol. The van der Waals surface area contributed by atoms with Crippen LogP contribution in [0.15, 0.2) is 56.1 Å². The summed E-state index contributed by atoms with van der Waals surface area (Å²) >= 11 is 4.64. The van der Waals surface area contributed by atoms with Crippen molar-refractivity contribution in [1.82, 2.24) is 19.7 Å². The van der Waals surface area contributed by atoms with Crippen molar-refractivity contribution in [2.24, 2.45) is 0 Å². The Morgan fingerprint density at radius 2 is 2.19 bits per heavy atom. The molecule has 0 aliphatic rings. The zero-order chi connectivity index (χ0) is 18.6. The number of aromatic nitrogens is 4. The van der Waals surface area contributed by atoms with Gasteiger partial charge in [-0.2, -0.15) is 4.98 Å². The van der Waals surface area contributed by atoms with Gasteiger partial charge in [0.2, 0.25) is 11.7 Å². The average molecular weight is 417 g/mol. The third-order valence-electron chi connectivity index (χ3n) is 3.84. The van der Waals surface area contributed by atoms with Crippen molar-refractivity contribution in [3.8, 4) is 10.7 Å². The molecule has 0 saturated carbocycles. The number of thiophene rings is 2. The third kappa shape index (κ3) is 3.90. The van der Waals surface area contributed by atoms with E-state index < -0.39 is 0 Å². The molecule has 27 heavy (non-hydrogen) atoms. The van der Waals surface area contributed by atoms with Crippen LogP contribution in [-0.4, -0.2) is 25.4 Å². The fourth-order valence-corrected chi connectivity index (χ4v) is 4.98. The maximum absolute atomic E-state index is 12.6. The molecule has 138 valence electrons. The molecule has 0 N–H and O–H groups in total. The molecule has 4 aromatic rings. The lowest BCUT2D eigenvalue weighted by Gasteiger charge is -2.09. The molecule has 0 fully saturated rings. The zero-order valence-corrected chi connectivity index (χ0v) is 16.8. The number of hydrogen-bond acceptors (Lipinski definition) is 8. The first-order chi connectivity index (χ1) is 13.3. The van der Waals surface area contributed by atoms with E-state index >= 15 is 0 Å². The van der Waals surface area contributed by atoms with Crippen molar-refractivity contribution in [3.05, 3.63) is 57.9 Å². The normalized spacial score (nSPS) is 11.3. The highest BCUT2D eigenvalue weighted by Crippen LogP contribution is 2.23. The Bertz CT molecular complexity index is 1110. The Balaban J connectivity index is 1.41. The largest absolute Gasteiger partial charge is 0.339 e. The lowest BCUT2D eigenvalue weighted by atomic mass is 10.3. The van der Waals surface area contributed by atoms with Gasteiger partial charge in [0, 0.05) is 18.7 Å². The van der Waals surface area contributed by atoms with Crippen LogP contribution in [0.4, 0.5) is 0 Å². The highest BCUT2D eigenvalue weighted by Gasteiger charge is 2.13. The van der Waals surface area contributed by atoms with E-state index in [0.29, 0.717) is 30.1 Å². The lowest BCUT2D eigenvalue weighted by Crippen LogP contribution is -2.22. The van der Waals surface area contributed by atoms with Gasteiger partial charge in [0.1, 0.15) is 4.83 Å². The Hall–Kier alpha value is -2.23. The van der Waals surface area contributed by atoms with Crippen molar-refractivity contribution < 1.29 is 4.52 Å². The van der Waals surface area contributed by atoms with Gasteiger partial charge in [0.15, 0.2) is 5.16 Å². The molecule has 0 aliphatic carbocycles. The molecule has 0 radical (unpaired) electrons. The molecule has 4 heterocycles. The molecule has 6 nitrogen and oxygen atoms in total. The maximum Gasteiger partial charge on any atom is 0.263 e. The number of nitrogens with zero attached hydrogens (tertiary/aromatic N) is 4. The smallest absolute Gasteiger partial charge is 0.263 e. The molecule has 0 aliphatic heterocycles. The van der Waals surface area contributed by atoms with Gasteiger partial charge in [-0.3, -0.25) is 9.36 Å². The van der Waals surface area contributed by atoms with Crippen molar-refractivity contribution in [2.75, 3.05) is 5.75 Å². The SMILES string of the molecule is C=CCn1c(SCCCc2nc(-c3cccs3)no2)nc2sccc2c1=O. The summed E-state index contributed by atoms with van der Waals surface area (Å²) in [4.78, 5) is 23.5. The molecular formula is C18H16N4O2S3. The summed E-state index contributed by atoms with van der Waals surface area (Å²) in [7, 11) is 0. The van der Waals surface area contributed by atoms with Crippen LogP contribution >= 0.6 is 34.4 Å². The van der Waals surface area contributed by atoms with Crippen molar-refractivity contribution >= 4 is 44.7 Å². The molecule has 9 heteroatoms. The molecule has 0 bridgehead atoms. The van der Waals surface area contributed by atoms with Crippen LogP contribution in [0.1, 0.15) is 12.3 Å². The standard InChI is InChI=1S/C18H16N4O2S3/c1-2-8-22-17(23)12-7-11-26-16(12)20-18(22)27-10-4-6-14-19-15(21-24-14)13-5-3-9-25-13/h2-3,5,7,9,11H,1,4,6,8,10H2. The second kappa shape index (κ2) is 8.20. The van der Waals surface area contributed by atoms with E-state index in [1.165, 1.54) is 11.3 Å². The summed E-state index contributed by atoms with van der Waals surface area (Å²) in [5.41, 5.74) is -0.0128. The van der Waals surface area contributed by atoms with Crippen molar-refractivity contribution in [2.45, 2.75) is 24.5 Å². The summed E-state index contributed by atoms with van der Waals surface area (Å²) in [5.74, 6) is 2.07. The first kappa shape index (κ1) is 18.1. The Morgan fingerprint density at radius 3 is 3.00 bits per heavy atom. The fraction of sp³-hybridized carbons (Fsp3) is 0.222. The average Bonchev–Trinajstić information content (AvgIpc) is 3.42. The van der Waals surface area contributed by atoms with E-state index in [2.05, 4.69) is 21.7 Å². The first-order valence-electron chi connectivity index (χ1n) is 8.34. The minimum absolute atomic E-state index is 0.0128. The van der Waals surface area contributed by atoms with Gasteiger partial charge >= 0.3 is 0 Å². The molecule has 4 aromatic heterocycles. The van der Waals surface area contributed by atoms with E-state index in [1.54, 1.807) is 33.7 Å². The molecule has 0 amide bonds. The second-order valence-electron chi connectivity index (χ2n) is 5.68. The molecule has 4 rings (SSSR count). The summed E-state index contributed by atoms with van der Waals surface area (Å²) in [6.07, 6.45) is 3.26. The van der Waals surface area contributed by atoms with Crippen LogP contribution in [0.3, 0.4) is 0 Å². The molecule has 0 unspecified atom stereocenters. The Labute approximate surface area is 167 Å². The van der Waals surface area contributed by atoms with Crippen molar-refractivity contribution in [3.63, 3.8) is 0 Å². The number of thioether (sulfide) groups is 1. The van der Waals surface area contributed by atoms with E-state index in [0.717, 1.165) is 27.0 Å². The highest BCUT2D eigenvalue weighted by molar-refractivity contribution is 7.99. The lowest BCUT2D eigenvalue weighted by molar-refractivity contribution is 0.378. The summed E-state index contributed by atoms with van der Waals surface area (Å²) < 4.78 is 7.00. The van der Waals surface area contributed by atoms with E-state index in [-0.39, 0.29) is 5.56 Å². The summed E-state index contributed by atoms with van der Waals surface area (Å²) in [6, 6.07) is 5.76. The number of rotatable bonds is 8. The van der Waals surface area contributed by atoms with Gasteiger partial charge in [-0.1, -0.05) is 29.1 Å².